The number of rotatable bonds is 5. The summed E-state index contributed by atoms with van der Waals surface area (Å²) in [5.74, 6) is -0.317. The average molecular weight is 365 g/mol. The maximum absolute atomic E-state index is 11.8. The molecule has 0 spiro atoms. The number of ether oxygens (including phenoxy) is 1. The minimum atomic E-state index is -0.763. The largest absolute Gasteiger partial charge is 0.865 e. The minimum Gasteiger partial charge on any atom is -0.865 e. The number of nitro groups is 1. The molecule has 1 aliphatic carbocycles. The number of thiocarbonyl (C=S) groups is 1. The fourth-order valence-electron chi connectivity index (χ4n) is 2.87. The highest BCUT2D eigenvalue weighted by Gasteiger charge is 2.21. The highest BCUT2D eigenvalue weighted by Crippen LogP contribution is 2.33. The van der Waals surface area contributed by atoms with Crippen molar-refractivity contribution in [2.45, 2.75) is 38.6 Å². The first-order valence-electron chi connectivity index (χ1n) is 8.05. The minimum absolute atomic E-state index is 0.104. The molecule has 25 heavy (non-hydrogen) atoms. The third kappa shape index (κ3) is 5.02. The Hall–Kier alpha value is -2.42. The lowest BCUT2D eigenvalue weighted by atomic mass is 9.86. The van der Waals surface area contributed by atoms with Gasteiger partial charge in [-0.2, -0.15) is 5.10 Å². The van der Waals surface area contributed by atoms with Crippen molar-refractivity contribution in [2.75, 3.05) is 7.11 Å². The van der Waals surface area contributed by atoms with Crippen molar-refractivity contribution in [3.05, 3.63) is 27.8 Å². The van der Waals surface area contributed by atoms with Crippen LogP contribution >= 0.6 is 12.2 Å². The number of hydrogen-bond donors (Lipinski definition) is 2. The summed E-state index contributed by atoms with van der Waals surface area (Å²) < 4.78 is 4.88. The zero-order valence-electron chi connectivity index (χ0n) is 14.2. The van der Waals surface area contributed by atoms with Crippen molar-refractivity contribution in [3.63, 3.8) is 0 Å². The van der Waals surface area contributed by atoms with Crippen molar-refractivity contribution >= 4 is 29.2 Å². The van der Waals surface area contributed by atoms with Crippen LogP contribution in [-0.4, -0.2) is 29.4 Å². The molecule has 0 amide bonds. The van der Waals surface area contributed by atoms with Crippen molar-refractivity contribution in [1.82, 2.24) is 10.7 Å². The van der Waals surface area contributed by atoms with Gasteiger partial charge in [0, 0.05) is 23.4 Å². The van der Waals surface area contributed by atoms with Gasteiger partial charge in [0.2, 0.25) is 0 Å². The van der Waals surface area contributed by atoms with Crippen LogP contribution in [0.25, 0.3) is 0 Å². The van der Waals surface area contributed by atoms with Gasteiger partial charge in [-0.15, -0.1) is 0 Å². The Morgan fingerprint density at radius 2 is 2.16 bits per heavy atom. The first-order chi connectivity index (χ1) is 11.9. The summed E-state index contributed by atoms with van der Waals surface area (Å²) in [6.45, 7) is 2.19. The number of nitro benzene ring substituents is 1. The fourth-order valence-corrected chi connectivity index (χ4v) is 3.07. The Morgan fingerprint density at radius 1 is 1.44 bits per heavy atom. The molecular formula is C16H21N4O4S-. The van der Waals surface area contributed by atoms with Gasteiger partial charge in [-0.05, 0) is 37.0 Å². The molecule has 0 aliphatic heterocycles. The molecular weight excluding hydrogens is 344 g/mol. The van der Waals surface area contributed by atoms with Gasteiger partial charge in [-0.3, -0.25) is 15.5 Å². The van der Waals surface area contributed by atoms with E-state index in [9.17, 15) is 15.2 Å². The Bertz CT molecular complexity index is 680. The monoisotopic (exact) mass is 365 g/mol. The molecule has 136 valence electrons. The van der Waals surface area contributed by atoms with Crippen LogP contribution in [0.15, 0.2) is 17.2 Å². The topological polar surface area (TPSA) is 112 Å². The smallest absolute Gasteiger partial charge is 0.266 e. The van der Waals surface area contributed by atoms with Crippen LogP contribution in [0, 0.1) is 16.0 Å². The molecule has 1 aromatic rings. The maximum Gasteiger partial charge on any atom is 0.266 e. The highest BCUT2D eigenvalue weighted by atomic mass is 32.1. The van der Waals surface area contributed by atoms with Crippen LogP contribution in [0.3, 0.4) is 0 Å². The summed E-state index contributed by atoms with van der Waals surface area (Å²) >= 11 is 5.22. The molecule has 0 aromatic heterocycles. The van der Waals surface area contributed by atoms with Gasteiger partial charge < -0.3 is 15.2 Å². The molecule has 0 unspecified atom stereocenters. The number of hydrogen-bond acceptors (Lipinski definition) is 6. The predicted octanol–water partition coefficient (Wildman–Crippen LogP) is 2.05. The standard InChI is InChI=1S/C16H22N4O4S/c1-10-5-3-4-6-12(10)18-16(25)19-17-9-11-7-13(20(22)23)15(21)14(8-11)24-2/h7-10,12,21H,3-6H2,1-2H3,(H2,18,19,25)/p-1/b17-9-/t10-,12+/m0/s1. The van der Waals surface area contributed by atoms with Gasteiger partial charge in [0.25, 0.3) is 5.69 Å². The van der Waals surface area contributed by atoms with Crippen LogP contribution in [0.2, 0.25) is 0 Å². The summed E-state index contributed by atoms with van der Waals surface area (Å²) in [5.41, 5.74) is 2.51. The summed E-state index contributed by atoms with van der Waals surface area (Å²) in [5, 5.41) is 30.3. The molecule has 2 atom stereocenters. The first-order valence-corrected chi connectivity index (χ1v) is 8.46. The van der Waals surface area contributed by atoms with E-state index in [1.165, 1.54) is 38.7 Å². The Balaban J connectivity index is 2.00. The number of nitrogens with one attached hydrogen (secondary N) is 2. The van der Waals surface area contributed by atoms with E-state index in [0.717, 1.165) is 12.5 Å². The van der Waals surface area contributed by atoms with Gasteiger partial charge in [-0.1, -0.05) is 19.8 Å². The number of methoxy groups -OCH3 is 1. The van der Waals surface area contributed by atoms with Gasteiger partial charge in [-0.25, -0.2) is 0 Å². The Labute approximate surface area is 151 Å². The molecule has 1 saturated carbocycles. The van der Waals surface area contributed by atoms with Crippen LogP contribution in [0.1, 0.15) is 38.2 Å². The maximum atomic E-state index is 11.8. The lowest BCUT2D eigenvalue weighted by Crippen LogP contribution is -2.44. The average Bonchev–Trinajstić information content (AvgIpc) is 2.58. The molecule has 0 radical (unpaired) electrons. The van der Waals surface area contributed by atoms with E-state index in [4.69, 9.17) is 17.0 Å². The van der Waals surface area contributed by atoms with Crippen molar-refractivity contribution in [3.8, 4) is 11.5 Å². The first kappa shape index (κ1) is 18.9. The fraction of sp³-hybridized carbons (Fsp3) is 0.500. The van der Waals surface area contributed by atoms with E-state index in [1.54, 1.807) is 0 Å². The van der Waals surface area contributed by atoms with Crippen LogP contribution in [-0.2, 0) is 0 Å². The molecule has 0 bridgehead atoms. The van der Waals surface area contributed by atoms with E-state index in [1.807, 2.05) is 0 Å². The third-order valence-corrected chi connectivity index (χ3v) is 4.49. The number of nitrogens with zero attached hydrogens (tertiary/aromatic N) is 2. The molecule has 1 aliphatic rings. The lowest BCUT2D eigenvalue weighted by Gasteiger charge is -2.30. The molecule has 8 nitrogen and oxygen atoms in total. The molecule has 2 rings (SSSR count). The van der Waals surface area contributed by atoms with Crippen LogP contribution in [0.4, 0.5) is 5.69 Å². The van der Waals surface area contributed by atoms with E-state index < -0.39 is 16.4 Å². The highest BCUT2D eigenvalue weighted by molar-refractivity contribution is 7.80. The summed E-state index contributed by atoms with van der Waals surface area (Å²) in [4.78, 5) is 10.2. The molecule has 0 saturated heterocycles. The van der Waals surface area contributed by atoms with Crippen molar-refractivity contribution in [1.29, 1.82) is 0 Å². The van der Waals surface area contributed by atoms with E-state index in [2.05, 4.69) is 22.8 Å². The van der Waals surface area contributed by atoms with E-state index >= 15 is 0 Å². The van der Waals surface area contributed by atoms with Crippen LogP contribution < -0.4 is 20.6 Å². The van der Waals surface area contributed by atoms with Gasteiger partial charge in [0.1, 0.15) is 5.75 Å². The van der Waals surface area contributed by atoms with E-state index in [0.29, 0.717) is 22.6 Å². The zero-order valence-corrected chi connectivity index (χ0v) is 15.0. The van der Waals surface area contributed by atoms with E-state index in [-0.39, 0.29) is 5.75 Å². The molecule has 2 N–H and O–H groups in total. The second-order valence-corrected chi connectivity index (χ2v) is 6.45. The van der Waals surface area contributed by atoms with Crippen LogP contribution in [0.5, 0.6) is 11.5 Å². The van der Waals surface area contributed by atoms with Gasteiger partial charge in [0.15, 0.2) is 5.11 Å². The summed E-state index contributed by atoms with van der Waals surface area (Å²) in [6.07, 6.45) is 6.02. The second-order valence-electron chi connectivity index (χ2n) is 6.04. The van der Waals surface area contributed by atoms with Crippen molar-refractivity contribution in [2.24, 2.45) is 11.0 Å². The Morgan fingerprint density at radius 3 is 2.80 bits per heavy atom. The molecule has 0 heterocycles. The quantitative estimate of drug-likeness (QED) is 0.355. The molecule has 9 heteroatoms. The zero-order chi connectivity index (χ0) is 18.4. The molecule has 1 aromatic carbocycles. The summed E-state index contributed by atoms with van der Waals surface area (Å²) in [7, 11) is 1.28. The normalized spacial score (nSPS) is 20.2. The third-order valence-electron chi connectivity index (χ3n) is 4.28. The lowest BCUT2D eigenvalue weighted by molar-refractivity contribution is -0.398. The summed E-state index contributed by atoms with van der Waals surface area (Å²) in [6, 6.07) is 2.86. The van der Waals surface area contributed by atoms with Crippen molar-refractivity contribution < 1.29 is 14.8 Å². The number of benzene rings is 1. The van der Waals surface area contributed by atoms with Gasteiger partial charge in [0.05, 0.1) is 18.2 Å². The number of hydrazone groups is 1. The van der Waals surface area contributed by atoms with Gasteiger partial charge >= 0.3 is 0 Å². The predicted molar refractivity (Wildman–Crippen MR) is 97.0 cm³/mol. The molecule has 1 fully saturated rings. The SMILES string of the molecule is COc1cc(/C=N\NC(=S)N[C@@H]2CCCC[C@@H]2C)cc([N+](=O)[O-])c1[O-]. The second kappa shape index (κ2) is 8.61. The Kier molecular flexibility index (Phi) is 6.51.